The largest absolute Gasteiger partial charge is 0.387 e. The molecule has 3 heterocycles. The average Bonchev–Trinajstić information content (AvgIpc) is 3.25. The quantitative estimate of drug-likeness (QED) is 0.368. The molecule has 1 aliphatic rings. The Morgan fingerprint density at radius 3 is 2.82 bits per heavy atom. The molecule has 1 unspecified atom stereocenters. The summed E-state index contributed by atoms with van der Waals surface area (Å²) in [5.74, 6) is 2.31. The molecule has 1 amide bonds. The molecular weight excluding hydrogens is 461 g/mol. The van der Waals surface area contributed by atoms with Crippen molar-refractivity contribution < 1.29 is 14.3 Å². The molecule has 0 saturated carbocycles. The van der Waals surface area contributed by atoms with Crippen LogP contribution in [-0.4, -0.2) is 56.8 Å². The maximum absolute atomic E-state index is 14.1. The number of thiazole rings is 1. The molecule has 176 valence electrons. The van der Waals surface area contributed by atoms with Gasteiger partial charge in [0.1, 0.15) is 12.0 Å². The predicted octanol–water partition coefficient (Wildman–Crippen LogP) is 4.58. The summed E-state index contributed by atoms with van der Waals surface area (Å²) in [4.78, 5) is 21.6. The van der Waals surface area contributed by atoms with E-state index in [1.165, 1.54) is 20.0 Å². The van der Waals surface area contributed by atoms with Crippen LogP contribution in [0.4, 0.5) is 21.6 Å². The maximum atomic E-state index is 14.1. The highest BCUT2D eigenvalue weighted by Gasteiger charge is 2.27. The summed E-state index contributed by atoms with van der Waals surface area (Å²) < 4.78 is 15.2. The molecule has 2 aromatic heterocycles. The van der Waals surface area contributed by atoms with Crippen LogP contribution in [0.15, 0.2) is 36.0 Å². The minimum atomic E-state index is -1.58. The number of amides is 1. The van der Waals surface area contributed by atoms with Gasteiger partial charge in [-0.25, -0.2) is 14.4 Å². The third-order valence-corrected chi connectivity index (χ3v) is 7.38. The van der Waals surface area contributed by atoms with Gasteiger partial charge < -0.3 is 21.1 Å². The topological polar surface area (TPSA) is 99.2 Å². The molecule has 1 aromatic carbocycles. The molecule has 0 bridgehead atoms. The van der Waals surface area contributed by atoms with Crippen LogP contribution in [0.25, 0.3) is 10.2 Å². The Balaban J connectivity index is 1.54. The second-order valence-electron chi connectivity index (χ2n) is 8.64. The van der Waals surface area contributed by atoms with Crippen molar-refractivity contribution >= 4 is 56.4 Å². The number of carbonyl (C=O) groups excluding carboxylic acids is 1. The van der Waals surface area contributed by atoms with Gasteiger partial charge in [-0.3, -0.25) is 4.79 Å². The summed E-state index contributed by atoms with van der Waals surface area (Å²) >= 11 is 3.49. The number of pyridine rings is 1. The molecular formula is C23H28FN5O2S2. The van der Waals surface area contributed by atoms with Crippen molar-refractivity contribution in [3.63, 3.8) is 0 Å². The lowest BCUT2D eigenvalue weighted by Gasteiger charge is -2.25. The first kappa shape index (κ1) is 23.7. The number of nitrogens with one attached hydrogen (secondary N) is 3. The van der Waals surface area contributed by atoms with E-state index < -0.39 is 17.7 Å². The molecule has 1 saturated heterocycles. The predicted molar refractivity (Wildman–Crippen MR) is 135 cm³/mol. The van der Waals surface area contributed by atoms with Crippen molar-refractivity contribution in [2.75, 3.05) is 28.7 Å². The highest BCUT2D eigenvalue weighted by molar-refractivity contribution is 7.99. The molecule has 4 rings (SSSR count). The number of fused-ring (bicyclic) bond motifs is 1. The van der Waals surface area contributed by atoms with Gasteiger partial charge in [0.05, 0.1) is 39.1 Å². The molecule has 0 spiro atoms. The van der Waals surface area contributed by atoms with E-state index in [-0.39, 0.29) is 12.6 Å². The number of alkyl halides is 1. The Kier molecular flexibility index (Phi) is 7.35. The Morgan fingerprint density at radius 2 is 2.06 bits per heavy atom. The fourth-order valence-electron chi connectivity index (χ4n) is 3.49. The molecule has 7 nitrogen and oxygen atoms in total. The molecule has 4 N–H and O–H groups in total. The summed E-state index contributed by atoms with van der Waals surface area (Å²) in [7, 11) is 0. The summed E-state index contributed by atoms with van der Waals surface area (Å²) in [6.45, 7) is 2.48. The Hall–Kier alpha value is -2.43. The number of carbonyl (C=O) groups is 1. The minimum absolute atomic E-state index is 0.256. The summed E-state index contributed by atoms with van der Waals surface area (Å²) in [6.07, 6.45) is 1.93. The normalized spacial score (nSPS) is 15.9. The van der Waals surface area contributed by atoms with Gasteiger partial charge >= 0.3 is 0 Å². The highest BCUT2D eigenvalue weighted by Crippen LogP contribution is 2.28. The zero-order valence-electron chi connectivity index (χ0n) is 18.6. The number of hydrogen-bond acceptors (Lipinski definition) is 8. The van der Waals surface area contributed by atoms with E-state index in [1.807, 2.05) is 41.5 Å². The Bertz CT molecular complexity index is 1110. The van der Waals surface area contributed by atoms with Gasteiger partial charge in [-0.05, 0) is 56.4 Å². The lowest BCUT2D eigenvalue weighted by molar-refractivity contribution is -0.00177. The monoisotopic (exact) mass is 489 g/mol. The second-order valence-corrected chi connectivity index (χ2v) is 10.7. The molecule has 3 aromatic rings. The first-order chi connectivity index (χ1) is 15.8. The average molecular weight is 490 g/mol. The van der Waals surface area contributed by atoms with Crippen LogP contribution >= 0.6 is 23.1 Å². The van der Waals surface area contributed by atoms with E-state index in [4.69, 9.17) is 0 Å². The number of thioether (sulfide) groups is 1. The summed E-state index contributed by atoms with van der Waals surface area (Å²) in [6, 6.07) is 7.97. The van der Waals surface area contributed by atoms with Gasteiger partial charge in [-0.1, -0.05) is 0 Å². The lowest BCUT2D eigenvalue weighted by Crippen LogP contribution is -2.42. The van der Waals surface area contributed by atoms with E-state index in [0.29, 0.717) is 17.1 Å². The van der Waals surface area contributed by atoms with Crippen molar-refractivity contribution in [3.05, 3.63) is 41.5 Å². The zero-order chi connectivity index (χ0) is 23.4. The van der Waals surface area contributed by atoms with Crippen LogP contribution in [0, 0.1) is 0 Å². The number of halogens is 1. The number of hydrogen-bond donors (Lipinski definition) is 4. The molecule has 0 aliphatic carbocycles. The third-order valence-electron chi connectivity index (χ3n) is 5.54. The zero-order valence-corrected chi connectivity index (χ0v) is 20.2. The van der Waals surface area contributed by atoms with E-state index in [9.17, 15) is 14.3 Å². The number of aromatic nitrogens is 2. The van der Waals surface area contributed by atoms with E-state index in [2.05, 4.69) is 25.9 Å². The van der Waals surface area contributed by atoms with Gasteiger partial charge in [-0.15, -0.1) is 11.3 Å². The van der Waals surface area contributed by atoms with Gasteiger partial charge in [0.15, 0.2) is 0 Å². The number of rotatable bonds is 8. The van der Waals surface area contributed by atoms with Crippen LogP contribution in [0.3, 0.4) is 0 Å². The van der Waals surface area contributed by atoms with Crippen molar-refractivity contribution in [1.82, 2.24) is 15.3 Å². The van der Waals surface area contributed by atoms with Crippen LogP contribution in [0.2, 0.25) is 0 Å². The van der Waals surface area contributed by atoms with Crippen LogP contribution in [0.1, 0.15) is 37.0 Å². The molecule has 10 heteroatoms. The molecule has 1 fully saturated rings. The van der Waals surface area contributed by atoms with E-state index in [0.717, 1.165) is 40.3 Å². The highest BCUT2D eigenvalue weighted by atomic mass is 32.2. The molecule has 1 atom stereocenters. The number of aliphatic hydroxyl groups is 1. The SMILES string of the molecule is CC(C)(O)C(F)CNC(=O)c1cnc(Nc2ccc3ncsc3c2)cc1NC1CCSCC1. The summed E-state index contributed by atoms with van der Waals surface area (Å²) in [5, 5.41) is 19.2. The second kappa shape index (κ2) is 10.2. The van der Waals surface area contributed by atoms with Crippen molar-refractivity contribution in [1.29, 1.82) is 0 Å². The van der Waals surface area contributed by atoms with Gasteiger partial charge in [0.2, 0.25) is 0 Å². The first-order valence-electron chi connectivity index (χ1n) is 10.9. The minimum Gasteiger partial charge on any atom is -0.387 e. The Morgan fingerprint density at radius 1 is 1.27 bits per heavy atom. The van der Waals surface area contributed by atoms with Crippen molar-refractivity contribution in [2.24, 2.45) is 0 Å². The van der Waals surface area contributed by atoms with Gasteiger partial charge in [0, 0.05) is 24.0 Å². The first-order valence-corrected chi connectivity index (χ1v) is 12.9. The number of nitrogens with zero attached hydrogens (tertiary/aromatic N) is 2. The standard InChI is InChI=1S/C23H28FN5O2S2/c1-23(2,31)20(24)12-26-22(30)16-11-25-21(10-18(16)28-14-5-7-32-8-6-14)29-15-3-4-17-19(9-15)33-13-27-17/h3-4,9-11,13-14,20,31H,5-8,12H2,1-2H3,(H,26,30)(H2,25,28,29). The molecule has 0 radical (unpaired) electrons. The van der Waals surface area contributed by atoms with Gasteiger partial charge in [-0.2, -0.15) is 11.8 Å². The Labute approximate surface area is 200 Å². The lowest BCUT2D eigenvalue weighted by atomic mass is 10.0. The van der Waals surface area contributed by atoms with Crippen LogP contribution in [0.5, 0.6) is 0 Å². The fourth-order valence-corrected chi connectivity index (χ4v) is 5.32. The fraction of sp³-hybridized carbons (Fsp3) is 0.435. The third kappa shape index (κ3) is 6.13. The maximum Gasteiger partial charge on any atom is 0.255 e. The molecule has 33 heavy (non-hydrogen) atoms. The van der Waals surface area contributed by atoms with Crippen molar-refractivity contribution in [3.8, 4) is 0 Å². The summed E-state index contributed by atoms with van der Waals surface area (Å²) in [5.41, 5.74) is 3.10. The smallest absolute Gasteiger partial charge is 0.255 e. The number of benzene rings is 1. The van der Waals surface area contributed by atoms with Gasteiger partial charge in [0.25, 0.3) is 5.91 Å². The number of anilines is 3. The van der Waals surface area contributed by atoms with E-state index >= 15 is 0 Å². The van der Waals surface area contributed by atoms with E-state index in [1.54, 1.807) is 11.3 Å². The van der Waals surface area contributed by atoms with Crippen LogP contribution < -0.4 is 16.0 Å². The van der Waals surface area contributed by atoms with Crippen LogP contribution in [-0.2, 0) is 0 Å². The van der Waals surface area contributed by atoms with Crippen molar-refractivity contribution in [2.45, 2.75) is 44.5 Å². The molecule has 1 aliphatic heterocycles.